The number of carbonyl (C=O) groups is 1. The second-order valence-corrected chi connectivity index (χ2v) is 8.70. The third kappa shape index (κ3) is 4.96. The lowest BCUT2D eigenvalue weighted by Gasteiger charge is -2.20. The van der Waals surface area contributed by atoms with E-state index in [2.05, 4.69) is 41.3 Å². The Hall–Kier alpha value is -3.52. The first-order valence-corrected chi connectivity index (χ1v) is 11.6. The maximum absolute atomic E-state index is 13.0. The Morgan fingerprint density at radius 2 is 1.91 bits per heavy atom. The Bertz CT molecular complexity index is 1260. The van der Waals surface area contributed by atoms with Crippen LogP contribution >= 0.6 is 11.8 Å². The molecule has 0 radical (unpaired) electrons. The van der Waals surface area contributed by atoms with Gasteiger partial charge in [0.25, 0.3) is 0 Å². The molecule has 0 unspecified atom stereocenters. The van der Waals surface area contributed by atoms with Gasteiger partial charge in [-0.2, -0.15) is 0 Å². The van der Waals surface area contributed by atoms with E-state index in [0.29, 0.717) is 0 Å². The van der Waals surface area contributed by atoms with Crippen LogP contribution in [0, 0.1) is 13.8 Å². The molecule has 2 aromatic carbocycles. The maximum atomic E-state index is 13.0. The summed E-state index contributed by atoms with van der Waals surface area (Å²) < 4.78 is 9.31. The number of imidazole rings is 2. The van der Waals surface area contributed by atoms with E-state index in [1.54, 1.807) is 19.5 Å². The van der Waals surface area contributed by atoms with E-state index in [0.717, 1.165) is 28.0 Å². The van der Waals surface area contributed by atoms with E-state index >= 15 is 0 Å². The van der Waals surface area contributed by atoms with E-state index in [-0.39, 0.29) is 11.7 Å². The van der Waals surface area contributed by atoms with Crippen LogP contribution in [0.1, 0.15) is 28.6 Å². The van der Waals surface area contributed by atoms with Gasteiger partial charge in [-0.25, -0.2) is 9.97 Å². The molecule has 0 bridgehead atoms. The Morgan fingerprint density at radius 1 is 1.12 bits per heavy atom. The molecular weight excluding hydrogens is 434 g/mol. The van der Waals surface area contributed by atoms with E-state index in [9.17, 15) is 4.79 Å². The average molecular weight is 462 g/mol. The van der Waals surface area contributed by atoms with Crippen molar-refractivity contribution in [2.24, 2.45) is 7.05 Å². The summed E-state index contributed by atoms with van der Waals surface area (Å²) in [5.41, 5.74) is 4.37. The van der Waals surface area contributed by atoms with E-state index in [1.165, 1.54) is 22.9 Å². The molecule has 7 nitrogen and oxygen atoms in total. The minimum atomic E-state index is -0.396. The van der Waals surface area contributed by atoms with Crippen LogP contribution in [0.2, 0.25) is 0 Å². The number of ether oxygens (including phenoxy) is 1. The van der Waals surface area contributed by atoms with Crippen molar-refractivity contribution in [3.05, 3.63) is 89.8 Å². The summed E-state index contributed by atoms with van der Waals surface area (Å²) in [6.07, 6.45) is 7.28. The van der Waals surface area contributed by atoms with Gasteiger partial charge in [0.2, 0.25) is 5.91 Å². The summed E-state index contributed by atoms with van der Waals surface area (Å²) in [5.74, 6) is 1.60. The third-order valence-corrected chi connectivity index (χ3v) is 6.59. The topological polar surface area (TPSA) is 74.0 Å². The quantitative estimate of drug-likeness (QED) is 0.398. The number of hydrogen-bond acceptors (Lipinski definition) is 5. The summed E-state index contributed by atoms with van der Waals surface area (Å²) >= 11 is 1.41. The fraction of sp³-hybridized carbons (Fsp3) is 0.240. The number of nitrogens with one attached hydrogen (secondary N) is 1. The Kier molecular flexibility index (Phi) is 6.84. The standard InChI is InChI=1S/C25H27N5O2S/c1-17-7-5-10-21(18(17)2)30-14-12-27-25(30)33-16-22(31)28-23(24-26-11-13-29(24)3)19-8-6-9-20(15-19)32-4/h5-15,23H,16H2,1-4H3,(H,28,31)/t23-/m1/s1. The molecule has 1 amide bonds. The molecule has 170 valence electrons. The maximum Gasteiger partial charge on any atom is 0.231 e. The number of methoxy groups -OCH3 is 1. The van der Waals surface area contributed by atoms with Gasteiger partial charge in [0.15, 0.2) is 5.16 Å². The van der Waals surface area contributed by atoms with Crippen LogP contribution in [0.3, 0.4) is 0 Å². The average Bonchev–Trinajstić information content (AvgIpc) is 3.46. The van der Waals surface area contributed by atoms with Crippen LogP contribution in [-0.2, 0) is 11.8 Å². The Morgan fingerprint density at radius 3 is 2.67 bits per heavy atom. The molecule has 4 aromatic rings. The number of nitrogens with zero attached hydrogens (tertiary/aromatic N) is 4. The third-order valence-electron chi connectivity index (χ3n) is 5.62. The number of carbonyl (C=O) groups excluding carboxylic acids is 1. The van der Waals surface area contributed by atoms with E-state index in [4.69, 9.17) is 4.74 Å². The highest BCUT2D eigenvalue weighted by atomic mass is 32.2. The zero-order chi connectivity index (χ0) is 23.4. The van der Waals surface area contributed by atoms with Crippen molar-refractivity contribution >= 4 is 17.7 Å². The molecule has 0 saturated heterocycles. The van der Waals surface area contributed by atoms with Crippen LogP contribution in [0.5, 0.6) is 5.75 Å². The van der Waals surface area contributed by atoms with Crippen LogP contribution in [0.15, 0.2) is 72.4 Å². The van der Waals surface area contributed by atoms with Gasteiger partial charge in [0, 0.05) is 31.8 Å². The molecule has 0 aliphatic heterocycles. The fourth-order valence-corrected chi connectivity index (χ4v) is 4.46. The smallest absolute Gasteiger partial charge is 0.231 e. The number of rotatable bonds is 8. The first-order chi connectivity index (χ1) is 16.0. The number of amides is 1. The molecule has 2 aromatic heterocycles. The highest BCUT2D eigenvalue weighted by Gasteiger charge is 2.22. The van der Waals surface area contributed by atoms with Crippen LogP contribution in [0.4, 0.5) is 0 Å². The monoisotopic (exact) mass is 461 g/mol. The second kappa shape index (κ2) is 9.95. The van der Waals surface area contributed by atoms with Gasteiger partial charge in [-0.05, 0) is 48.7 Å². The summed E-state index contributed by atoms with van der Waals surface area (Å²) in [4.78, 5) is 22.0. The minimum absolute atomic E-state index is 0.105. The van der Waals surface area contributed by atoms with Gasteiger partial charge in [0.05, 0.1) is 18.6 Å². The molecule has 0 spiro atoms. The molecule has 0 aliphatic carbocycles. The van der Waals surface area contributed by atoms with Crippen LogP contribution < -0.4 is 10.1 Å². The zero-order valence-corrected chi connectivity index (χ0v) is 20.0. The largest absolute Gasteiger partial charge is 0.497 e. The van der Waals surface area contributed by atoms with Crippen LogP contribution in [0.25, 0.3) is 5.69 Å². The number of hydrogen-bond donors (Lipinski definition) is 1. The normalized spacial score (nSPS) is 11.9. The molecule has 4 rings (SSSR count). The lowest BCUT2D eigenvalue weighted by Crippen LogP contribution is -2.32. The first-order valence-electron chi connectivity index (χ1n) is 10.6. The molecule has 0 fully saturated rings. The summed E-state index contributed by atoms with van der Waals surface area (Å²) in [6, 6.07) is 13.5. The van der Waals surface area contributed by atoms with Gasteiger partial charge in [-0.3, -0.25) is 9.36 Å². The minimum Gasteiger partial charge on any atom is -0.497 e. The Labute approximate surface area is 197 Å². The van der Waals surface area contributed by atoms with E-state index < -0.39 is 6.04 Å². The van der Waals surface area contributed by atoms with E-state index in [1.807, 2.05) is 58.9 Å². The molecule has 0 aliphatic rings. The van der Waals surface area contributed by atoms with Crippen LogP contribution in [-0.4, -0.2) is 37.9 Å². The van der Waals surface area contributed by atoms with Crippen molar-refractivity contribution in [1.29, 1.82) is 0 Å². The second-order valence-electron chi connectivity index (χ2n) is 7.76. The summed E-state index contributed by atoms with van der Waals surface area (Å²) in [6.45, 7) is 4.18. The molecule has 33 heavy (non-hydrogen) atoms. The highest BCUT2D eigenvalue weighted by Crippen LogP contribution is 2.26. The predicted octanol–water partition coefficient (Wildman–Crippen LogP) is 4.23. The molecule has 1 atom stereocenters. The van der Waals surface area contributed by atoms with Gasteiger partial charge in [0.1, 0.15) is 17.6 Å². The van der Waals surface area contributed by atoms with Gasteiger partial charge < -0.3 is 14.6 Å². The highest BCUT2D eigenvalue weighted by molar-refractivity contribution is 7.99. The zero-order valence-electron chi connectivity index (χ0n) is 19.1. The van der Waals surface area contributed by atoms with Gasteiger partial charge >= 0.3 is 0 Å². The van der Waals surface area contributed by atoms with Crippen molar-refractivity contribution in [3.8, 4) is 11.4 Å². The number of aromatic nitrogens is 4. The van der Waals surface area contributed by atoms with Crippen molar-refractivity contribution in [1.82, 2.24) is 24.4 Å². The van der Waals surface area contributed by atoms with Gasteiger partial charge in [-0.15, -0.1) is 0 Å². The summed E-state index contributed by atoms with van der Waals surface area (Å²) in [5, 5.41) is 3.91. The van der Waals surface area contributed by atoms with Crippen molar-refractivity contribution in [2.45, 2.75) is 25.0 Å². The molecule has 8 heteroatoms. The number of thioether (sulfide) groups is 1. The molecular formula is C25H27N5O2S. The van der Waals surface area contributed by atoms with Gasteiger partial charge in [-0.1, -0.05) is 36.0 Å². The SMILES string of the molecule is COc1cccc([C@@H](NC(=O)CSc2nccn2-c2cccc(C)c2C)c2nccn2C)c1. The fourth-order valence-electron chi connectivity index (χ4n) is 3.68. The molecule has 0 saturated carbocycles. The number of aryl methyl sites for hydroxylation is 2. The number of benzene rings is 2. The van der Waals surface area contributed by atoms with Crippen molar-refractivity contribution in [2.75, 3.05) is 12.9 Å². The van der Waals surface area contributed by atoms with Crippen molar-refractivity contribution < 1.29 is 9.53 Å². The predicted molar refractivity (Wildman–Crippen MR) is 130 cm³/mol. The van der Waals surface area contributed by atoms with Crippen molar-refractivity contribution in [3.63, 3.8) is 0 Å². The Balaban J connectivity index is 1.52. The lowest BCUT2D eigenvalue weighted by atomic mass is 10.1. The lowest BCUT2D eigenvalue weighted by molar-refractivity contribution is -0.119. The molecule has 1 N–H and O–H groups in total. The summed E-state index contributed by atoms with van der Waals surface area (Å²) in [7, 11) is 3.54. The first kappa shape index (κ1) is 22.7. The molecule has 2 heterocycles.